The summed E-state index contributed by atoms with van der Waals surface area (Å²) in [5.74, 6) is 0.773. The Morgan fingerprint density at radius 2 is 1.31 bits per heavy atom. The van der Waals surface area contributed by atoms with Gasteiger partial charge in [-0.25, -0.2) is 0 Å². The third-order valence-corrected chi connectivity index (χ3v) is 17.6. The Hall–Kier alpha value is 0.354. The molecule has 1 rings (SSSR count). The van der Waals surface area contributed by atoms with E-state index in [1.165, 1.54) is 19.3 Å². The second-order valence-corrected chi connectivity index (χ2v) is 23.2. The van der Waals surface area contributed by atoms with Crippen molar-refractivity contribution >= 4 is 16.5 Å². The van der Waals surface area contributed by atoms with E-state index < -0.39 is 16.5 Å². The highest BCUT2D eigenvalue weighted by Crippen LogP contribution is 2.43. The summed E-state index contributed by atoms with van der Waals surface area (Å²) < 4.78 is 0. The predicted molar refractivity (Wildman–Crippen MR) is 125 cm³/mol. The largest absolute Gasteiger partial charge is 0.334 e. The van der Waals surface area contributed by atoms with E-state index in [1.54, 1.807) is 0 Å². The van der Waals surface area contributed by atoms with Crippen LogP contribution in [0.4, 0.5) is 0 Å². The normalized spacial score (nSPS) is 26.7. The van der Waals surface area contributed by atoms with E-state index in [1.807, 2.05) is 0 Å². The summed E-state index contributed by atoms with van der Waals surface area (Å²) in [6.07, 6.45) is 4.01. The molecule has 3 atom stereocenters. The average Bonchev–Trinajstić information content (AvgIpc) is 2.32. The fourth-order valence-corrected chi connectivity index (χ4v) is 7.59. The van der Waals surface area contributed by atoms with Crippen molar-refractivity contribution in [3.8, 4) is 0 Å². The highest BCUT2D eigenvalue weighted by atomic mass is 28.3. The van der Waals surface area contributed by atoms with Crippen molar-refractivity contribution in [2.24, 2.45) is 11.3 Å². The van der Waals surface area contributed by atoms with E-state index >= 15 is 0 Å². The molecule has 0 aliphatic heterocycles. The minimum atomic E-state index is -1.46. The van der Waals surface area contributed by atoms with Crippen LogP contribution in [0.2, 0.25) is 36.3 Å². The fourth-order valence-electron chi connectivity index (χ4n) is 4.11. The predicted octanol–water partition coefficient (Wildman–Crippen LogP) is 6.76. The second kappa shape index (κ2) is 7.64. The van der Waals surface area contributed by atoms with Crippen LogP contribution in [0.1, 0.15) is 81.6 Å². The average molecular weight is 399 g/mol. The number of nitrogens with one attached hydrogen (secondary N) is 2. The van der Waals surface area contributed by atoms with Gasteiger partial charge in [0.05, 0.1) is 0 Å². The molecule has 3 unspecified atom stereocenters. The van der Waals surface area contributed by atoms with Gasteiger partial charge in [0.2, 0.25) is 0 Å². The number of hydrogen-bond acceptors (Lipinski definition) is 2. The molecule has 2 N–H and O–H groups in total. The van der Waals surface area contributed by atoms with Gasteiger partial charge in [0, 0.05) is 12.1 Å². The minimum Gasteiger partial charge on any atom is -0.334 e. The zero-order valence-electron chi connectivity index (χ0n) is 20.4. The first-order valence-electron chi connectivity index (χ1n) is 10.8. The smallest absolute Gasteiger partial charge is 0.125 e. The monoisotopic (exact) mass is 398 g/mol. The maximum atomic E-state index is 4.19. The van der Waals surface area contributed by atoms with Crippen LogP contribution in [-0.2, 0) is 0 Å². The lowest BCUT2D eigenvalue weighted by atomic mass is 9.68. The second-order valence-electron chi connectivity index (χ2n) is 13.1. The van der Waals surface area contributed by atoms with Crippen molar-refractivity contribution in [3.05, 3.63) is 0 Å². The van der Waals surface area contributed by atoms with Gasteiger partial charge < -0.3 is 9.96 Å². The molecule has 0 bridgehead atoms. The molecule has 0 aromatic rings. The van der Waals surface area contributed by atoms with Crippen molar-refractivity contribution in [2.45, 2.75) is 130 Å². The third kappa shape index (κ3) is 6.18. The standard InChI is InChI=1S/C22H50N2Si2/c1-17(23-25(10,11)20(2,3)4)18-14-19(16-22(8,9)15-18)24-26(12,13)21(5,6)7/h17-19,23-24H,14-16H2,1-13H3. The Morgan fingerprint density at radius 1 is 0.846 bits per heavy atom. The minimum absolute atomic E-state index is 0.393. The summed E-state index contributed by atoms with van der Waals surface area (Å²) in [5.41, 5.74) is 0.437. The summed E-state index contributed by atoms with van der Waals surface area (Å²) in [7, 11) is -2.92. The SMILES string of the molecule is CC(N[Si](C)(C)C(C)(C)C)C1CC(N[Si](C)(C)C(C)(C)C)CC(C)(C)C1. The fraction of sp³-hybridized carbons (Fsp3) is 1.00. The van der Waals surface area contributed by atoms with E-state index in [9.17, 15) is 0 Å². The van der Waals surface area contributed by atoms with Gasteiger partial charge in [-0.15, -0.1) is 0 Å². The summed E-state index contributed by atoms with van der Waals surface area (Å²) in [5, 5.41) is 0.791. The number of rotatable bonds is 5. The molecule has 0 spiro atoms. The molecule has 1 aliphatic rings. The molecular formula is C22H50N2Si2. The molecule has 1 aliphatic carbocycles. The van der Waals surface area contributed by atoms with Gasteiger partial charge in [-0.05, 0) is 40.7 Å². The van der Waals surface area contributed by atoms with Crippen LogP contribution in [0.5, 0.6) is 0 Å². The molecule has 0 aromatic heterocycles. The van der Waals surface area contributed by atoms with Crippen LogP contribution >= 0.6 is 0 Å². The Kier molecular flexibility index (Phi) is 7.17. The van der Waals surface area contributed by atoms with Gasteiger partial charge in [-0.2, -0.15) is 0 Å². The lowest BCUT2D eigenvalue weighted by molar-refractivity contribution is 0.133. The quantitative estimate of drug-likeness (QED) is 0.500. The van der Waals surface area contributed by atoms with Gasteiger partial charge in [-0.3, -0.25) is 0 Å². The Labute approximate surface area is 167 Å². The Morgan fingerprint density at radius 3 is 1.73 bits per heavy atom. The van der Waals surface area contributed by atoms with E-state index in [2.05, 4.69) is 98.5 Å². The van der Waals surface area contributed by atoms with Crippen molar-refractivity contribution in [1.29, 1.82) is 0 Å². The number of hydrogen-bond donors (Lipinski definition) is 2. The molecule has 0 amide bonds. The van der Waals surface area contributed by atoms with Crippen LogP contribution in [0, 0.1) is 11.3 Å². The van der Waals surface area contributed by atoms with Crippen LogP contribution in [-0.4, -0.2) is 28.6 Å². The lowest BCUT2D eigenvalue weighted by Gasteiger charge is -2.49. The van der Waals surface area contributed by atoms with Crippen molar-refractivity contribution in [1.82, 2.24) is 9.96 Å². The van der Waals surface area contributed by atoms with E-state index in [4.69, 9.17) is 0 Å². The van der Waals surface area contributed by atoms with Crippen LogP contribution in [0.15, 0.2) is 0 Å². The molecule has 1 fully saturated rings. The first kappa shape index (κ1) is 24.4. The van der Waals surface area contributed by atoms with Crippen molar-refractivity contribution in [3.63, 3.8) is 0 Å². The van der Waals surface area contributed by atoms with E-state index in [0.29, 0.717) is 27.6 Å². The van der Waals surface area contributed by atoms with Crippen LogP contribution in [0.3, 0.4) is 0 Å². The maximum absolute atomic E-state index is 4.19. The molecule has 156 valence electrons. The van der Waals surface area contributed by atoms with Gasteiger partial charge in [0.25, 0.3) is 0 Å². The van der Waals surface area contributed by atoms with Gasteiger partial charge in [0.1, 0.15) is 16.5 Å². The van der Waals surface area contributed by atoms with Gasteiger partial charge in [0.15, 0.2) is 0 Å². The van der Waals surface area contributed by atoms with Crippen LogP contribution < -0.4 is 9.96 Å². The molecule has 0 radical (unpaired) electrons. The Balaban J connectivity index is 2.91. The first-order chi connectivity index (χ1) is 11.3. The highest BCUT2D eigenvalue weighted by Gasteiger charge is 2.44. The summed E-state index contributed by atoms with van der Waals surface area (Å²) >= 11 is 0. The molecule has 1 saturated carbocycles. The van der Waals surface area contributed by atoms with Crippen LogP contribution in [0.25, 0.3) is 0 Å². The van der Waals surface area contributed by atoms with Gasteiger partial charge >= 0.3 is 0 Å². The molecule has 0 saturated heterocycles. The van der Waals surface area contributed by atoms with E-state index in [-0.39, 0.29) is 0 Å². The third-order valence-electron chi connectivity index (χ3n) is 7.81. The zero-order chi connectivity index (χ0) is 20.8. The molecule has 26 heavy (non-hydrogen) atoms. The first-order valence-corrected chi connectivity index (χ1v) is 16.8. The topological polar surface area (TPSA) is 24.1 Å². The molecule has 4 heteroatoms. The van der Waals surface area contributed by atoms with Gasteiger partial charge in [-0.1, -0.05) is 88.5 Å². The lowest BCUT2D eigenvalue weighted by Crippen LogP contribution is -2.61. The maximum Gasteiger partial charge on any atom is 0.125 e. The summed E-state index contributed by atoms with van der Waals surface area (Å²) in [6.45, 7) is 31.9. The van der Waals surface area contributed by atoms with Crippen molar-refractivity contribution in [2.75, 3.05) is 0 Å². The molecule has 2 nitrogen and oxygen atoms in total. The van der Waals surface area contributed by atoms with Crippen molar-refractivity contribution < 1.29 is 0 Å². The molecule has 0 aromatic carbocycles. The molecule has 0 heterocycles. The van der Waals surface area contributed by atoms with E-state index in [0.717, 1.165) is 5.92 Å². The molecular weight excluding hydrogens is 348 g/mol. The summed E-state index contributed by atoms with van der Waals surface area (Å²) in [4.78, 5) is 8.33. The summed E-state index contributed by atoms with van der Waals surface area (Å²) in [6, 6.07) is 1.28. The highest BCUT2D eigenvalue weighted by molar-refractivity contribution is 6.78. The Bertz CT molecular complexity index is 470. The zero-order valence-corrected chi connectivity index (χ0v) is 22.4.